The van der Waals surface area contributed by atoms with E-state index >= 15 is 0 Å². The molecule has 0 radical (unpaired) electrons. The number of nitrogens with one attached hydrogen (secondary N) is 1. The Kier molecular flexibility index (Phi) is 4.15. The van der Waals surface area contributed by atoms with Gasteiger partial charge in [0.05, 0.1) is 18.4 Å². The molecule has 2 aromatic rings. The van der Waals surface area contributed by atoms with Crippen molar-refractivity contribution in [2.24, 2.45) is 0 Å². The fraction of sp³-hybridized carbons (Fsp3) is 0.375. The quantitative estimate of drug-likeness (QED) is 0.855. The maximum Gasteiger partial charge on any atom is 0.125 e. The second-order valence-electron chi connectivity index (χ2n) is 5.02. The zero-order valence-electron chi connectivity index (χ0n) is 11.9. The van der Waals surface area contributed by atoms with Gasteiger partial charge in [0.2, 0.25) is 0 Å². The molecule has 1 aromatic carbocycles. The van der Waals surface area contributed by atoms with Gasteiger partial charge >= 0.3 is 0 Å². The van der Waals surface area contributed by atoms with Crippen LogP contribution in [0.4, 0.5) is 5.69 Å². The number of hydrogen-bond donors (Lipinski definition) is 1. The lowest BCUT2D eigenvalue weighted by molar-refractivity contribution is 0.242. The number of rotatable bonds is 5. The zero-order chi connectivity index (χ0) is 13.8. The van der Waals surface area contributed by atoms with Crippen LogP contribution < -0.4 is 10.1 Å². The minimum atomic E-state index is 0.144. The van der Waals surface area contributed by atoms with Gasteiger partial charge in [-0.1, -0.05) is 0 Å². The molecule has 0 aliphatic heterocycles. The van der Waals surface area contributed by atoms with E-state index in [2.05, 4.69) is 25.2 Å². The highest BCUT2D eigenvalue weighted by Gasteiger charge is 2.10. The summed E-state index contributed by atoms with van der Waals surface area (Å²) in [5.74, 6) is 1.84. The van der Waals surface area contributed by atoms with Crippen LogP contribution >= 0.6 is 0 Å². The Morgan fingerprint density at radius 2 is 1.95 bits per heavy atom. The number of aryl methyl sites for hydroxylation is 1. The molecule has 0 aliphatic carbocycles. The predicted molar refractivity (Wildman–Crippen MR) is 77.7 cm³/mol. The SMILES string of the molecule is Cc1cc(OC(C)C)ccc1NC(C)c1ccco1. The summed E-state index contributed by atoms with van der Waals surface area (Å²) in [5, 5.41) is 3.44. The van der Waals surface area contributed by atoms with E-state index < -0.39 is 0 Å². The van der Waals surface area contributed by atoms with Crippen LogP contribution in [0.2, 0.25) is 0 Å². The molecule has 0 aliphatic rings. The van der Waals surface area contributed by atoms with Crippen molar-refractivity contribution >= 4 is 5.69 Å². The van der Waals surface area contributed by atoms with Crippen molar-refractivity contribution < 1.29 is 9.15 Å². The molecule has 1 unspecified atom stereocenters. The van der Waals surface area contributed by atoms with Crippen LogP contribution in [0.1, 0.15) is 38.1 Å². The van der Waals surface area contributed by atoms with E-state index in [1.807, 2.05) is 38.1 Å². The van der Waals surface area contributed by atoms with E-state index in [1.165, 1.54) is 0 Å². The molecular weight excluding hydrogens is 238 g/mol. The normalized spacial score (nSPS) is 12.5. The Morgan fingerprint density at radius 1 is 1.16 bits per heavy atom. The second kappa shape index (κ2) is 5.83. The number of benzene rings is 1. The van der Waals surface area contributed by atoms with Gasteiger partial charge in [0.15, 0.2) is 0 Å². The zero-order valence-corrected chi connectivity index (χ0v) is 11.9. The van der Waals surface area contributed by atoms with Gasteiger partial charge in [-0.05, 0) is 63.6 Å². The van der Waals surface area contributed by atoms with Gasteiger partial charge in [-0.3, -0.25) is 0 Å². The Balaban J connectivity index is 2.09. The van der Waals surface area contributed by atoms with Crippen LogP contribution in [-0.4, -0.2) is 6.10 Å². The molecule has 1 aromatic heterocycles. The monoisotopic (exact) mass is 259 g/mol. The molecule has 1 N–H and O–H groups in total. The standard InChI is InChI=1S/C16H21NO2/c1-11(2)19-14-7-8-15(12(3)10-14)17-13(4)16-6-5-9-18-16/h5-11,13,17H,1-4H3. The Hall–Kier alpha value is -1.90. The summed E-state index contributed by atoms with van der Waals surface area (Å²) in [7, 11) is 0. The van der Waals surface area contributed by atoms with Gasteiger partial charge in [-0.25, -0.2) is 0 Å². The number of furan rings is 1. The van der Waals surface area contributed by atoms with Gasteiger partial charge < -0.3 is 14.5 Å². The fourth-order valence-electron chi connectivity index (χ4n) is 1.99. The molecule has 0 saturated carbocycles. The van der Waals surface area contributed by atoms with Crippen molar-refractivity contribution in [2.75, 3.05) is 5.32 Å². The van der Waals surface area contributed by atoms with Gasteiger partial charge in [0, 0.05) is 5.69 Å². The minimum Gasteiger partial charge on any atom is -0.491 e. The number of ether oxygens (including phenoxy) is 1. The summed E-state index contributed by atoms with van der Waals surface area (Å²) in [6.45, 7) is 8.21. The summed E-state index contributed by atoms with van der Waals surface area (Å²) in [4.78, 5) is 0. The highest BCUT2D eigenvalue weighted by Crippen LogP contribution is 2.26. The van der Waals surface area contributed by atoms with Crippen LogP contribution in [-0.2, 0) is 0 Å². The third kappa shape index (κ3) is 3.53. The summed E-state index contributed by atoms with van der Waals surface area (Å²) >= 11 is 0. The van der Waals surface area contributed by atoms with Gasteiger partial charge in [-0.2, -0.15) is 0 Å². The lowest BCUT2D eigenvalue weighted by Gasteiger charge is -2.17. The van der Waals surface area contributed by atoms with E-state index in [1.54, 1.807) is 6.26 Å². The van der Waals surface area contributed by atoms with E-state index in [-0.39, 0.29) is 12.1 Å². The molecule has 1 atom stereocenters. The van der Waals surface area contributed by atoms with E-state index in [0.717, 1.165) is 22.8 Å². The van der Waals surface area contributed by atoms with E-state index in [9.17, 15) is 0 Å². The average Bonchev–Trinajstić information content (AvgIpc) is 2.85. The molecule has 102 valence electrons. The second-order valence-corrected chi connectivity index (χ2v) is 5.02. The Morgan fingerprint density at radius 3 is 2.53 bits per heavy atom. The first-order valence-electron chi connectivity index (χ1n) is 6.63. The third-order valence-electron chi connectivity index (χ3n) is 2.91. The summed E-state index contributed by atoms with van der Waals surface area (Å²) < 4.78 is 11.1. The van der Waals surface area contributed by atoms with Crippen molar-refractivity contribution in [3.8, 4) is 5.75 Å². The third-order valence-corrected chi connectivity index (χ3v) is 2.91. The first-order chi connectivity index (χ1) is 9.06. The van der Waals surface area contributed by atoms with Crippen molar-refractivity contribution in [1.82, 2.24) is 0 Å². The predicted octanol–water partition coefficient (Wildman–Crippen LogP) is 4.55. The van der Waals surface area contributed by atoms with Gasteiger partial charge in [0.1, 0.15) is 11.5 Å². The summed E-state index contributed by atoms with van der Waals surface area (Å²) in [6.07, 6.45) is 1.89. The van der Waals surface area contributed by atoms with Gasteiger partial charge in [-0.15, -0.1) is 0 Å². The molecule has 0 spiro atoms. The maximum absolute atomic E-state index is 5.68. The fourth-order valence-corrected chi connectivity index (χ4v) is 1.99. The highest BCUT2D eigenvalue weighted by atomic mass is 16.5. The topological polar surface area (TPSA) is 34.4 Å². The van der Waals surface area contributed by atoms with Crippen LogP contribution in [0, 0.1) is 6.92 Å². The minimum absolute atomic E-state index is 0.144. The first-order valence-corrected chi connectivity index (χ1v) is 6.63. The number of anilines is 1. The van der Waals surface area contributed by atoms with Crippen molar-refractivity contribution in [2.45, 2.75) is 39.8 Å². The molecule has 0 fully saturated rings. The van der Waals surface area contributed by atoms with Crippen molar-refractivity contribution in [3.05, 3.63) is 47.9 Å². The van der Waals surface area contributed by atoms with Crippen LogP contribution in [0.15, 0.2) is 41.0 Å². The summed E-state index contributed by atoms with van der Waals surface area (Å²) in [5.41, 5.74) is 2.26. The lowest BCUT2D eigenvalue weighted by atomic mass is 10.1. The molecular formula is C16H21NO2. The first kappa shape index (κ1) is 13.5. The van der Waals surface area contributed by atoms with E-state index in [0.29, 0.717) is 0 Å². The maximum atomic E-state index is 5.68. The average molecular weight is 259 g/mol. The van der Waals surface area contributed by atoms with Crippen molar-refractivity contribution in [1.29, 1.82) is 0 Å². The largest absolute Gasteiger partial charge is 0.491 e. The highest BCUT2D eigenvalue weighted by molar-refractivity contribution is 5.54. The molecule has 19 heavy (non-hydrogen) atoms. The molecule has 3 heteroatoms. The lowest BCUT2D eigenvalue weighted by Crippen LogP contribution is -2.08. The molecule has 1 heterocycles. The van der Waals surface area contributed by atoms with Crippen LogP contribution in [0.5, 0.6) is 5.75 Å². The molecule has 0 saturated heterocycles. The molecule has 2 rings (SSSR count). The molecule has 3 nitrogen and oxygen atoms in total. The Bertz CT molecular complexity index is 518. The number of hydrogen-bond acceptors (Lipinski definition) is 3. The van der Waals surface area contributed by atoms with Crippen LogP contribution in [0.25, 0.3) is 0 Å². The molecule has 0 amide bonds. The van der Waals surface area contributed by atoms with Gasteiger partial charge in [0.25, 0.3) is 0 Å². The van der Waals surface area contributed by atoms with E-state index in [4.69, 9.17) is 9.15 Å². The smallest absolute Gasteiger partial charge is 0.125 e. The molecule has 0 bridgehead atoms. The van der Waals surface area contributed by atoms with Crippen molar-refractivity contribution in [3.63, 3.8) is 0 Å². The Labute approximate surface area is 114 Å². The summed E-state index contributed by atoms with van der Waals surface area (Å²) in [6, 6.07) is 10.1. The van der Waals surface area contributed by atoms with Crippen LogP contribution in [0.3, 0.4) is 0 Å².